The number of nitrogens with one attached hydrogen (secondary N) is 2. The van der Waals surface area contributed by atoms with Crippen molar-refractivity contribution < 1.29 is 19.1 Å². The predicted octanol–water partition coefficient (Wildman–Crippen LogP) is 4.95. The molecule has 0 aliphatic rings. The van der Waals surface area contributed by atoms with E-state index in [2.05, 4.69) is 17.6 Å². The van der Waals surface area contributed by atoms with Crippen LogP contribution in [0.1, 0.15) is 33.1 Å². The van der Waals surface area contributed by atoms with Crippen LogP contribution in [0.3, 0.4) is 0 Å². The highest BCUT2D eigenvalue weighted by Crippen LogP contribution is 2.29. The molecule has 0 aliphatic heterocycles. The Morgan fingerprint density at radius 3 is 2.31 bits per heavy atom. The van der Waals surface area contributed by atoms with E-state index in [4.69, 9.17) is 9.47 Å². The van der Waals surface area contributed by atoms with Crippen LogP contribution in [0.15, 0.2) is 47.4 Å². The number of benzene rings is 2. The van der Waals surface area contributed by atoms with Crippen LogP contribution in [0.4, 0.5) is 11.4 Å². The summed E-state index contributed by atoms with van der Waals surface area (Å²) in [5, 5.41) is 5.46. The second-order valence-corrected chi connectivity index (χ2v) is 7.94. The number of thioether (sulfide) groups is 1. The van der Waals surface area contributed by atoms with E-state index in [1.807, 2.05) is 31.2 Å². The van der Waals surface area contributed by atoms with Crippen molar-refractivity contribution in [2.45, 2.75) is 43.3 Å². The molecule has 2 amide bonds. The molecule has 0 spiro atoms. The second-order valence-electron chi connectivity index (χ2n) is 6.53. The average molecular weight is 417 g/mol. The summed E-state index contributed by atoms with van der Waals surface area (Å²) in [6.07, 6.45) is 2.36. The molecule has 1 atom stereocenters. The van der Waals surface area contributed by atoms with Gasteiger partial charge in [0.25, 0.3) is 0 Å². The number of rotatable bonds is 10. The maximum Gasteiger partial charge on any atom is 0.237 e. The fourth-order valence-corrected chi connectivity index (χ4v) is 3.52. The minimum absolute atomic E-state index is 0.00626. The lowest BCUT2D eigenvalue weighted by Gasteiger charge is -2.14. The van der Waals surface area contributed by atoms with Crippen LogP contribution in [0.25, 0.3) is 0 Å². The van der Waals surface area contributed by atoms with Crippen LogP contribution in [-0.4, -0.2) is 31.3 Å². The average Bonchev–Trinajstić information content (AvgIpc) is 2.72. The van der Waals surface area contributed by atoms with Crippen molar-refractivity contribution in [2.75, 3.05) is 24.9 Å². The monoisotopic (exact) mass is 416 g/mol. The fraction of sp³-hybridized carbons (Fsp3) is 0.364. The molecule has 7 heteroatoms. The summed E-state index contributed by atoms with van der Waals surface area (Å²) in [6.45, 7) is 3.89. The first-order valence-electron chi connectivity index (χ1n) is 9.55. The van der Waals surface area contributed by atoms with Crippen LogP contribution in [0, 0.1) is 0 Å². The van der Waals surface area contributed by atoms with Gasteiger partial charge in [0, 0.05) is 40.9 Å². The number of unbranched alkanes of at least 4 members (excludes halogenated alkanes) is 1. The van der Waals surface area contributed by atoms with Crippen molar-refractivity contribution in [1.82, 2.24) is 0 Å². The van der Waals surface area contributed by atoms with Gasteiger partial charge in [0.2, 0.25) is 11.8 Å². The third kappa shape index (κ3) is 7.34. The molecule has 0 radical (unpaired) electrons. The quantitative estimate of drug-likeness (QED) is 0.536. The van der Waals surface area contributed by atoms with E-state index < -0.39 is 0 Å². The molecule has 0 saturated heterocycles. The van der Waals surface area contributed by atoms with Gasteiger partial charge in [-0.05, 0) is 31.5 Å². The minimum atomic E-state index is -0.335. The highest BCUT2D eigenvalue weighted by Gasteiger charge is 2.16. The summed E-state index contributed by atoms with van der Waals surface area (Å²) < 4.78 is 10.5. The van der Waals surface area contributed by atoms with Crippen LogP contribution in [0.2, 0.25) is 0 Å². The molecule has 6 nitrogen and oxygen atoms in total. The molecule has 1 unspecified atom stereocenters. The standard InChI is InChI=1S/C22H28N2O4S/c1-5-6-10-21(25)23-16-8-7-9-20(13-16)29-15(2)22(26)24-17-11-18(27-3)14-19(12-17)28-4/h7-9,11-15H,5-6,10H2,1-4H3,(H,23,25)(H,24,26). The van der Waals surface area contributed by atoms with E-state index in [1.54, 1.807) is 32.4 Å². The largest absolute Gasteiger partial charge is 0.497 e. The van der Waals surface area contributed by atoms with E-state index in [0.29, 0.717) is 23.6 Å². The van der Waals surface area contributed by atoms with Crippen molar-refractivity contribution in [3.05, 3.63) is 42.5 Å². The fourth-order valence-electron chi connectivity index (χ4n) is 2.59. The maximum absolute atomic E-state index is 12.6. The van der Waals surface area contributed by atoms with Crippen LogP contribution in [-0.2, 0) is 9.59 Å². The van der Waals surface area contributed by atoms with Gasteiger partial charge < -0.3 is 20.1 Å². The summed E-state index contributed by atoms with van der Waals surface area (Å²) in [4.78, 5) is 25.4. The zero-order chi connectivity index (χ0) is 21.2. The van der Waals surface area contributed by atoms with Crippen molar-refractivity contribution in [3.63, 3.8) is 0 Å². The van der Waals surface area contributed by atoms with Gasteiger partial charge in [-0.15, -0.1) is 11.8 Å². The molecule has 0 saturated carbocycles. The number of methoxy groups -OCH3 is 2. The molecule has 0 aliphatic carbocycles. The van der Waals surface area contributed by atoms with E-state index >= 15 is 0 Å². The van der Waals surface area contributed by atoms with Gasteiger partial charge >= 0.3 is 0 Å². The summed E-state index contributed by atoms with van der Waals surface area (Å²) in [7, 11) is 3.12. The Kier molecular flexibility index (Phi) is 8.86. The number of carbonyl (C=O) groups is 2. The Bertz CT molecular complexity index is 819. The first kappa shape index (κ1) is 22.6. The van der Waals surface area contributed by atoms with Crippen molar-refractivity contribution in [1.29, 1.82) is 0 Å². The van der Waals surface area contributed by atoms with E-state index in [9.17, 15) is 9.59 Å². The molecular weight excluding hydrogens is 388 g/mol. The molecule has 2 N–H and O–H groups in total. The number of hydrogen-bond donors (Lipinski definition) is 2. The molecule has 0 bridgehead atoms. The van der Waals surface area contributed by atoms with Crippen LogP contribution >= 0.6 is 11.8 Å². The van der Waals surface area contributed by atoms with E-state index in [0.717, 1.165) is 23.4 Å². The number of ether oxygens (including phenoxy) is 2. The molecule has 2 aromatic carbocycles. The summed E-state index contributed by atoms with van der Waals surface area (Å²) in [6, 6.07) is 12.7. The smallest absolute Gasteiger partial charge is 0.237 e. The van der Waals surface area contributed by atoms with E-state index in [1.165, 1.54) is 11.8 Å². The van der Waals surface area contributed by atoms with Crippen LogP contribution in [0.5, 0.6) is 11.5 Å². The van der Waals surface area contributed by atoms with Crippen molar-refractivity contribution in [3.8, 4) is 11.5 Å². The molecule has 29 heavy (non-hydrogen) atoms. The molecule has 0 heterocycles. The number of carbonyl (C=O) groups excluding carboxylic acids is 2. The Hall–Kier alpha value is -2.67. The summed E-state index contributed by atoms with van der Waals surface area (Å²) in [5.74, 6) is 1.08. The lowest BCUT2D eigenvalue weighted by molar-refractivity contribution is -0.116. The Morgan fingerprint density at radius 1 is 1.00 bits per heavy atom. The third-order valence-corrected chi connectivity index (χ3v) is 5.27. The maximum atomic E-state index is 12.6. The van der Waals surface area contributed by atoms with Gasteiger partial charge in [-0.2, -0.15) is 0 Å². The van der Waals surface area contributed by atoms with E-state index in [-0.39, 0.29) is 17.1 Å². The van der Waals surface area contributed by atoms with Gasteiger partial charge in [-0.3, -0.25) is 9.59 Å². The van der Waals surface area contributed by atoms with Gasteiger partial charge in [0.05, 0.1) is 19.5 Å². The summed E-state index contributed by atoms with van der Waals surface area (Å²) in [5.41, 5.74) is 1.34. The number of anilines is 2. The highest BCUT2D eigenvalue weighted by molar-refractivity contribution is 8.00. The normalized spacial score (nSPS) is 11.4. The SMILES string of the molecule is CCCCC(=O)Nc1cccc(SC(C)C(=O)Nc2cc(OC)cc(OC)c2)c1. The van der Waals surface area contributed by atoms with Gasteiger partial charge in [-0.1, -0.05) is 19.4 Å². The number of amides is 2. The lowest BCUT2D eigenvalue weighted by Crippen LogP contribution is -2.22. The first-order chi connectivity index (χ1) is 13.9. The zero-order valence-electron chi connectivity index (χ0n) is 17.3. The molecule has 156 valence electrons. The zero-order valence-corrected chi connectivity index (χ0v) is 18.1. The molecule has 2 rings (SSSR count). The third-order valence-electron chi connectivity index (χ3n) is 4.18. The predicted molar refractivity (Wildman–Crippen MR) is 118 cm³/mol. The topological polar surface area (TPSA) is 76.7 Å². The number of hydrogen-bond acceptors (Lipinski definition) is 5. The highest BCUT2D eigenvalue weighted by atomic mass is 32.2. The molecular formula is C22H28N2O4S. The summed E-state index contributed by atoms with van der Waals surface area (Å²) >= 11 is 1.42. The molecule has 2 aromatic rings. The Labute approximate surface area is 176 Å². The molecule has 0 fully saturated rings. The Morgan fingerprint density at radius 2 is 1.69 bits per heavy atom. The van der Waals surface area contributed by atoms with Crippen LogP contribution < -0.4 is 20.1 Å². The Balaban J connectivity index is 1.99. The second kappa shape index (κ2) is 11.4. The first-order valence-corrected chi connectivity index (χ1v) is 10.4. The minimum Gasteiger partial charge on any atom is -0.497 e. The lowest BCUT2D eigenvalue weighted by atomic mass is 10.2. The van der Waals surface area contributed by atoms with Gasteiger partial charge in [-0.25, -0.2) is 0 Å². The van der Waals surface area contributed by atoms with Gasteiger partial charge in [0.15, 0.2) is 0 Å². The molecule has 0 aromatic heterocycles. The van der Waals surface area contributed by atoms with Crippen molar-refractivity contribution in [2.24, 2.45) is 0 Å². The van der Waals surface area contributed by atoms with Gasteiger partial charge in [0.1, 0.15) is 11.5 Å². The van der Waals surface area contributed by atoms with Crippen molar-refractivity contribution >= 4 is 35.0 Å².